The smallest absolute Gasteiger partial charge is 1.00 e. The fourth-order valence-electron chi connectivity index (χ4n) is 2.25. The summed E-state index contributed by atoms with van der Waals surface area (Å²) in [5.41, 5.74) is 5.34. The molecule has 0 amide bonds. The van der Waals surface area contributed by atoms with Crippen LogP contribution < -0.4 is 35.3 Å². The van der Waals surface area contributed by atoms with Gasteiger partial charge in [0.05, 0.1) is 5.25 Å². The summed E-state index contributed by atoms with van der Waals surface area (Å²) in [6, 6.07) is 0. The molecule has 0 saturated heterocycles. The molecule has 0 aromatic rings. The van der Waals surface area contributed by atoms with Crippen molar-refractivity contribution in [3.8, 4) is 0 Å². The molecule has 20 heavy (non-hydrogen) atoms. The minimum absolute atomic E-state index is 0. The molecule has 0 saturated carbocycles. The maximum Gasteiger partial charge on any atom is 1.00 e. The number of hydrogen-bond donors (Lipinski definition) is 2. The van der Waals surface area contributed by atoms with E-state index in [1.165, 1.54) is 44.9 Å². The standard InChI is InChI=1S/C14H31NO3S.Na.H/c1-2-3-4-5-6-7-8-9-10-11-12-14(13-15)19(16,17)18;;/h14H,2-13,15H2,1H3,(H,16,17,18);;/q;+1;-1. The predicted octanol–water partition coefficient (Wildman–Crippen LogP) is 0.629. The molecular formula is C14H32NNaO3S. The van der Waals surface area contributed by atoms with Crippen LogP contribution in [-0.2, 0) is 10.1 Å². The van der Waals surface area contributed by atoms with Crippen molar-refractivity contribution >= 4 is 10.1 Å². The first-order chi connectivity index (χ1) is 9.02. The average molecular weight is 317 g/mol. The topological polar surface area (TPSA) is 80.4 Å². The first kappa shape index (κ1) is 23.1. The monoisotopic (exact) mass is 317 g/mol. The summed E-state index contributed by atoms with van der Waals surface area (Å²) in [4.78, 5) is 0. The van der Waals surface area contributed by atoms with Crippen LogP contribution in [0.3, 0.4) is 0 Å². The van der Waals surface area contributed by atoms with Crippen LogP contribution in [0.1, 0.15) is 79.0 Å². The van der Waals surface area contributed by atoms with E-state index in [4.69, 9.17) is 10.3 Å². The van der Waals surface area contributed by atoms with E-state index < -0.39 is 15.4 Å². The van der Waals surface area contributed by atoms with Crippen LogP contribution in [0.25, 0.3) is 0 Å². The van der Waals surface area contributed by atoms with Crippen molar-refractivity contribution in [2.24, 2.45) is 5.73 Å². The van der Waals surface area contributed by atoms with Gasteiger partial charge < -0.3 is 7.16 Å². The molecule has 118 valence electrons. The van der Waals surface area contributed by atoms with E-state index in [0.29, 0.717) is 6.42 Å². The molecule has 0 fully saturated rings. The van der Waals surface area contributed by atoms with E-state index in [2.05, 4.69) is 6.92 Å². The minimum atomic E-state index is -3.95. The molecule has 0 aromatic heterocycles. The zero-order valence-corrected chi connectivity index (χ0v) is 16.1. The Balaban J connectivity index is -0.00000162. The van der Waals surface area contributed by atoms with Gasteiger partial charge in [-0.25, -0.2) is 0 Å². The molecule has 0 rings (SSSR count). The Kier molecular flexibility index (Phi) is 17.1. The van der Waals surface area contributed by atoms with Gasteiger partial charge in [-0.2, -0.15) is 8.42 Å². The SMILES string of the molecule is CCCCCCCCCCCCC(CN)S(=O)(=O)O.[H-].[Na+]. The van der Waals surface area contributed by atoms with Crippen LogP contribution in [0.15, 0.2) is 0 Å². The Hall–Kier alpha value is 0.870. The molecule has 0 radical (unpaired) electrons. The second-order valence-electron chi connectivity index (χ2n) is 5.34. The van der Waals surface area contributed by atoms with Crippen molar-refractivity contribution in [1.29, 1.82) is 0 Å². The maximum atomic E-state index is 10.9. The molecule has 0 bridgehead atoms. The summed E-state index contributed by atoms with van der Waals surface area (Å²) in [7, 11) is -3.95. The van der Waals surface area contributed by atoms with E-state index in [-0.39, 0.29) is 37.5 Å². The number of nitrogens with two attached hydrogens (primary N) is 1. The third kappa shape index (κ3) is 13.8. The zero-order chi connectivity index (χ0) is 14.6. The van der Waals surface area contributed by atoms with Crippen LogP contribution in [0.2, 0.25) is 0 Å². The van der Waals surface area contributed by atoms with Crippen molar-refractivity contribution < 1.29 is 44.0 Å². The van der Waals surface area contributed by atoms with E-state index >= 15 is 0 Å². The van der Waals surface area contributed by atoms with E-state index in [0.717, 1.165) is 19.3 Å². The van der Waals surface area contributed by atoms with Crippen molar-refractivity contribution in [2.45, 2.75) is 82.8 Å². The van der Waals surface area contributed by atoms with Crippen LogP contribution in [0.4, 0.5) is 0 Å². The second-order valence-corrected chi connectivity index (χ2v) is 7.04. The number of rotatable bonds is 13. The van der Waals surface area contributed by atoms with Crippen LogP contribution in [0, 0.1) is 0 Å². The second kappa shape index (κ2) is 14.8. The van der Waals surface area contributed by atoms with E-state index in [1.807, 2.05) is 0 Å². The van der Waals surface area contributed by atoms with Gasteiger partial charge in [-0.3, -0.25) is 4.55 Å². The number of unbranched alkanes of at least 4 members (excludes halogenated alkanes) is 9. The van der Waals surface area contributed by atoms with Crippen LogP contribution in [0.5, 0.6) is 0 Å². The normalized spacial score (nSPS) is 12.9. The first-order valence-corrected chi connectivity index (χ1v) is 9.19. The summed E-state index contributed by atoms with van der Waals surface area (Å²) in [5, 5.41) is -0.776. The van der Waals surface area contributed by atoms with Crippen LogP contribution >= 0.6 is 0 Å². The van der Waals surface area contributed by atoms with Gasteiger partial charge in [0.25, 0.3) is 10.1 Å². The van der Waals surface area contributed by atoms with Gasteiger partial charge in [0.1, 0.15) is 0 Å². The van der Waals surface area contributed by atoms with Crippen molar-refractivity contribution in [2.75, 3.05) is 6.54 Å². The quantitative estimate of drug-likeness (QED) is 0.297. The average Bonchev–Trinajstić information content (AvgIpc) is 2.34. The van der Waals surface area contributed by atoms with Gasteiger partial charge in [0.2, 0.25) is 0 Å². The molecule has 4 nitrogen and oxygen atoms in total. The molecule has 1 unspecified atom stereocenters. The molecule has 0 aliphatic rings. The number of hydrogen-bond acceptors (Lipinski definition) is 3. The molecular weight excluding hydrogens is 285 g/mol. The summed E-state index contributed by atoms with van der Waals surface area (Å²) < 4.78 is 30.8. The molecule has 6 heteroatoms. The van der Waals surface area contributed by atoms with Gasteiger partial charge >= 0.3 is 29.6 Å². The van der Waals surface area contributed by atoms with Gasteiger partial charge in [-0.05, 0) is 6.42 Å². The van der Waals surface area contributed by atoms with Crippen LogP contribution in [-0.4, -0.2) is 24.8 Å². The Morgan fingerprint density at radius 3 is 1.70 bits per heavy atom. The molecule has 0 aromatic carbocycles. The van der Waals surface area contributed by atoms with E-state index in [9.17, 15) is 8.42 Å². The Morgan fingerprint density at radius 2 is 1.35 bits per heavy atom. The van der Waals surface area contributed by atoms with Gasteiger partial charge in [0, 0.05) is 6.54 Å². The van der Waals surface area contributed by atoms with Gasteiger partial charge in [-0.1, -0.05) is 71.1 Å². The first-order valence-electron chi connectivity index (χ1n) is 7.68. The zero-order valence-electron chi connectivity index (χ0n) is 14.3. The summed E-state index contributed by atoms with van der Waals surface area (Å²) >= 11 is 0. The minimum Gasteiger partial charge on any atom is -1.00 e. The molecule has 3 N–H and O–H groups in total. The molecule has 0 heterocycles. The third-order valence-corrected chi connectivity index (χ3v) is 4.83. The molecule has 0 spiro atoms. The van der Waals surface area contributed by atoms with Crippen molar-refractivity contribution in [3.63, 3.8) is 0 Å². The van der Waals surface area contributed by atoms with Crippen molar-refractivity contribution in [3.05, 3.63) is 0 Å². The Bertz CT molecular complexity index is 303. The predicted molar refractivity (Wildman–Crippen MR) is 82.0 cm³/mol. The molecule has 0 aliphatic heterocycles. The van der Waals surface area contributed by atoms with Gasteiger partial charge in [0.15, 0.2) is 0 Å². The fourth-order valence-corrected chi connectivity index (χ4v) is 2.96. The Morgan fingerprint density at radius 1 is 0.950 bits per heavy atom. The summed E-state index contributed by atoms with van der Waals surface area (Å²) in [6.45, 7) is 2.23. The van der Waals surface area contributed by atoms with E-state index in [1.54, 1.807) is 0 Å². The fraction of sp³-hybridized carbons (Fsp3) is 1.00. The van der Waals surface area contributed by atoms with Crippen molar-refractivity contribution in [1.82, 2.24) is 0 Å². The van der Waals surface area contributed by atoms with Gasteiger partial charge in [-0.15, -0.1) is 0 Å². The third-order valence-electron chi connectivity index (χ3n) is 3.56. The maximum absolute atomic E-state index is 10.9. The summed E-state index contributed by atoms with van der Waals surface area (Å²) in [6.07, 6.45) is 12.6. The Labute approximate surface area is 148 Å². The molecule has 0 aliphatic carbocycles. The largest absolute Gasteiger partial charge is 1.00 e. The molecule has 1 atom stereocenters. The summed E-state index contributed by atoms with van der Waals surface area (Å²) in [5.74, 6) is 0.